The third kappa shape index (κ3) is 6.76. The summed E-state index contributed by atoms with van der Waals surface area (Å²) in [6.45, 7) is 8.00. The highest BCUT2D eigenvalue weighted by Crippen LogP contribution is 2.24. The summed E-state index contributed by atoms with van der Waals surface area (Å²) in [4.78, 5) is 27.7. The molecule has 6 heteroatoms. The van der Waals surface area contributed by atoms with Gasteiger partial charge in [-0.1, -0.05) is 66.0 Å². The molecule has 156 valence electrons. The average molecular weight is 435 g/mol. The first-order valence-corrected chi connectivity index (χ1v) is 10.6. The Balaban J connectivity index is 2.32. The van der Waals surface area contributed by atoms with E-state index < -0.39 is 6.04 Å². The van der Waals surface area contributed by atoms with Crippen molar-refractivity contribution in [3.05, 3.63) is 69.2 Å². The zero-order valence-corrected chi connectivity index (χ0v) is 18.8. The largest absolute Gasteiger partial charge is 0.352 e. The van der Waals surface area contributed by atoms with Crippen LogP contribution in [0.15, 0.2) is 42.5 Å². The number of rotatable bonds is 8. The SMILES string of the molecule is CC[C@@H](C(=O)NC(C)C)N(Cc1ccc(Cl)c(Cl)c1)C(=O)Cc1cccc(C)c1. The van der Waals surface area contributed by atoms with Gasteiger partial charge in [0.1, 0.15) is 6.04 Å². The van der Waals surface area contributed by atoms with E-state index in [1.54, 1.807) is 17.0 Å². The second kappa shape index (κ2) is 10.7. The molecule has 0 bridgehead atoms. The van der Waals surface area contributed by atoms with E-state index in [-0.39, 0.29) is 30.8 Å². The van der Waals surface area contributed by atoms with E-state index in [0.29, 0.717) is 16.5 Å². The molecule has 0 aliphatic heterocycles. The molecule has 0 spiro atoms. The predicted molar refractivity (Wildman–Crippen MR) is 119 cm³/mol. The summed E-state index contributed by atoms with van der Waals surface area (Å²) in [6.07, 6.45) is 0.744. The van der Waals surface area contributed by atoms with Gasteiger partial charge in [0.25, 0.3) is 0 Å². The summed E-state index contributed by atoms with van der Waals surface area (Å²) in [5, 5.41) is 3.81. The molecule has 0 saturated heterocycles. The van der Waals surface area contributed by atoms with Gasteiger partial charge in [-0.3, -0.25) is 9.59 Å². The predicted octanol–water partition coefficient (Wildman–Crippen LogP) is 5.18. The lowest BCUT2D eigenvalue weighted by molar-refractivity contribution is -0.141. The molecule has 2 rings (SSSR count). The number of aryl methyl sites for hydroxylation is 1. The maximum Gasteiger partial charge on any atom is 0.243 e. The van der Waals surface area contributed by atoms with E-state index in [9.17, 15) is 9.59 Å². The monoisotopic (exact) mass is 434 g/mol. The van der Waals surface area contributed by atoms with Crippen LogP contribution in [0.5, 0.6) is 0 Å². The maximum absolute atomic E-state index is 13.3. The van der Waals surface area contributed by atoms with Crippen LogP contribution in [0, 0.1) is 6.92 Å². The fourth-order valence-electron chi connectivity index (χ4n) is 3.23. The smallest absolute Gasteiger partial charge is 0.243 e. The standard InChI is InChI=1S/C23H28Cl2N2O2/c1-5-21(23(29)26-15(2)3)27(14-18-9-10-19(24)20(25)12-18)22(28)13-17-8-6-7-16(4)11-17/h6-12,15,21H,5,13-14H2,1-4H3,(H,26,29)/t21-/m0/s1. The fraction of sp³-hybridized carbons (Fsp3) is 0.391. The lowest BCUT2D eigenvalue weighted by Crippen LogP contribution is -2.50. The molecule has 1 N–H and O–H groups in total. The van der Waals surface area contributed by atoms with E-state index in [4.69, 9.17) is 23.2 Å². The van der Waals surface area contributed by atoms with E-state index >= 15 is 0 Å². The minimum absolute atomic E-state index is 0.00440. The van der Waals surface area contributed by atoms with Crippen molar-refractivity contribution < 1.29 is 9.59 Å². The number of amides is 2. The van der Waals surface area contributed by atoms with Crippen LogP contribution in [0.25, 0.3) is 0 Å². The molecule has 0 fully saturated rings. The zero-order valence-electron chi connectivity index (χ0n) is 17.3. The summed E-state index contributed by atoms with van der Waals surface area (Å²) < 4.78 is 0. The third-order valence-corrected chi connectivity index (χ3v) is 5.33. The second-order valence-corrected chi connectivity index (χ2v) is 8.34. The molecule has 2 amide bonds. The van der Waals surface area contributed by atoms with Crippen molar-refractivity contribution in [2.45, 2.75) is 59.2 Å². The van der Waals surface area contributed by atoms with E-state index in [1.165, 1.54) is 0 Å². The molecule has 0 aromatic heterocycles. The molecule has 2 aromatic carbocycles. The van der Waals surface area contributed by atoms with Gasteiger partial charge in [-0.05, 0) is 50.5 Å². The van der Waals surface area contributed by atoms with Crippen LogP contribution in [0.2, 0.25) is 10.0 Å². The van der Waals surface area contributed by atoms with Gasteiger partial charge in [-0.2, -0.15) is 0 Å². The van der Waals surface area contributed by atoms with Crippen molar-refractivity contribution in [1.82, 2.24) is 10.2 Å². The molecule has 0 aliphatic carbocycles. The Bertz CT molecular complexity index is 868. The minimum atomic E-state index is -0.566. The number of carbonyl (C=O) groups excluding carboxylic acids is 2. The van der Waals surface area contributed by atoms with Gasteiger partial charge in [0.2, 0.25) is 11.8 Å². The van der Waals surface area contributed by atoms with E-state index in [1.807, 2.05) is 58.0 Å². The first-order valence-electron chi connectivity index (χ1n) is 9.80. The third-order valence-electron chi connectivity index (χ3n) is 4.59. The Kier molecular flexibility index (Phi) is 8.54. The van der Waals surface area contributed by atoms with Crippen LogP contribution in [-0.4, -0.2) is 28.8 Å². The highest BCUT2D eigenvalue weighted by molar-refractivity contribution is 6.42. The molecule has 1 atom stereocenters. The van der Waals surface area contributed by atoms with Crippen LogP contribution in [0.3, 0.4) is 0 Å². The minimum Gasteiger partial charge on any atom is -0.352 e. The number of hydrogen-bond donors (Lipinski definition) is 1. The summed E-state index contributed by atoms with van der Waals surface area (Å²) in [5.74, 6) is -0.257. The Morgan fingerprint density at radius 2 is 1.76 bits per heavy atom. The van der Waals surface area contributed by atoms with Crippen molar-refractivity contribution in [1.29, 1.82) is 0 Å². The Morgan fingerprint density at radius 1 is 1.03 bits per heavy atom. The van der Waals surface area contributed by atoms with Crippen molar-refractivity contribution >= 4 is 35.0 Å². The number of halogens is 2. The van der Waals surface area contributed by atoms with E-state index in [2.05, 4.69) is 5.32 Å². The molecule has 0 unspecified atom stereocenters. The van der Waals surface area contributed by atoms with E-state index in [0.717, 1.165) is 16.7 Å². The Morgan fingerprint density at radius 3 is 2.34 bits per heavy atom. The molecule has 4 nitrogen and oxygen atoms in total. The molecule has 0 heterocycles. The van der Waals surface area contributed by atoms with Crippen LogP contribution in [-0.2, 0) is 22.6 Å². The zero-order chi connectivity index (χ0) is 21.6. The topological polar surface area (TPSA) is 49.4 Å². The Labute approximate surface area is 183 Å². The van der Waals surface area contributed by atoms with Crippen molar-refractivity contribution in [3.63, 3.8) is 0 Å². The molecule has 2 aromatic rings. The van der Waals surface area contributed by atoms with Crippen LogP contribution in [0.4, 0.5) is 0 Å². The molecule has 0 saturated carbocycles. The number of hydrogen-bond acceptors (Lipinski definition) is 2. The van der Waals surface area contributed by atoms with Crippen molar-refractivity contribution in [2.24, 2.45) is 0 Å². The van der Waals surface area contributed by atoms with Gasteiger partial charge in [0.05, 0.1) is 16.5 Å². The number of nitrogens with zero attached hydrogens (tertiary/aromatic N) is 1. The molecule has 0 radical (unpaired) electrons. The first-order chi connectivity index (χ1) is 13.7. The molecular formula is C23H28Cl2N2O2. The van der Waals surface area contributed by atoms with Gasteiger partial charge in [0, 0.05) is 12.6 Å². The first kappa shape index (κ1) is 23.2. The summed E-state index contributed by atoms with van der Waals surface area (Å²) >= 11 is 12.2. The lowest BCUT2D eigenvalue weighted by atomic mass is 10.0. The number of carbonyl (C=O) groups is 2. The Hall–Kier alpha value is -2.04. The van der Waals surface area contributed by atoms with Gasteiger partial charge in [-0.15, -0.1) is 0 Å². The summed E-state index contributed by atoms with van der Waals surface area (Å²) in [6, 6.07) is 12.5. The fourth-order valence-corrected chi connectivity index (χ4v) is 3.55. The van der Waals surface area contributed by atoms with Gasteiger partial charge >= 0.3 is 0 Å². The molecule has 29 heavy (non-hydrogen) atoms. The summed E-state index contributed by atoms with van der Waals surface area (Å²) in [5.41, 5.74) is 2.84. The van der Waals surface area contributed by atoms with Crippen LogP contribution in [0.1, 0.15) is 43.9 Å². The van der Waals surface area contributed by atoms with Gasteiger partial charge in [-0.25, -0.2) is 0 Å². The van der Waals surface area contributed by atoms with Gasteiger partial charge < -0.3 is 10.2 Å². The molecular weight excluding hydrogens is 407 g/mol. The lowest BCUT2D eigenvalue weighted by Gasteiger charge is -2.31. The summed E-state index contributed by atoms with van der Waals surface area (Å²) in [7, 11) is 0. The number of nitrogens with one attached hydrogen (secondary N) is 1. The quantitative estimate of drug-likeness (QED) is 0.622. The van der Waals surface area contributed by atoms with Crippen LogP contribution >= 0.6 is 23.2 Å². The maximum atomic E-state index is 13.3. The van der Waals surface area contributed by atoms with Crippen molar-refractivity contribution in [3.8, 4) is 0 Å². The second-order valence-electron chi connectivity index (χ2n) is 7.52. The van der Waals surface area contributed by atoms with Crippen LogP contribution < -0.4 is 5.32 Å². The molecule has 0 aliphatic rings. The van der Waals surface area contributed by atoms with Gasteiger partial charge in [0.15, 0.2) is 0 Å². The average Bonchev–Trinajstić information content (AvgIpc) is 2.63. The highest BCUT2D eigenvalue weighted by Gasteiger charge is 2.29. The normalized spacial score (nSPS) is 12.0. The number of benzene rings is 2. The highest BCUT2D eigenvalue weighted by atomic mass is 35.5. The van der Waals surface area contributed by atoms with Crippen molar-refractivity contribution in [2.75, 3.05) is 0 Å².